The molecule has 4 aliphatic rings. The van der Waals surface area contributed by atoms with E-state index in [1.165, 1.54) is 46.8 Å². The number of aromatic amines is 4. The van der Waals surface area contributed by atoms with Crippen LogP contribution >= 0.6 is 15.9 Å². The van der Waals surface area contributed by atoms with Crippen molar-refractivity contribution in [3.63, 3.8) is 0 Å². The van der Waals surface area contributed by atoms with Crippen LogP contribution in [0, 0.1) is 37.3 Å². The fourth-order valence-electron chi connectivity index (χ4n) is 14.7. The van der Waals surface area contributed by atoms with Crippen LogP contribution in [0.1, 0.15) is 59.7 Å². The van der Waals surface area contributed by atoms with Crippen LogP contribution in [0.4, 0.5) is 20.2 Å². The number of alkyl halides is 1. The second-order valence-corrected chi connectivity index (χ2v) is 32.7. The molecule has 4 fully saturated rings. The zero-order chi connectivity index (χ0) is 76.6. The van der Waals surface area contributed by atoms with E-state index in [9.17, 15) is 59.2 Å². The van der Waals surface area contributed by atoms with Gasteiger partial charge in [-0.1, -0.05) is 101 Å². The predicted octanol–water partition coefficient (Wildman–Crippen LogP) is 14.2. The van der Waals surface area contributed by atoms with Crippen LogP contribution in [0.2, 0.25) is 0 Å². The molecule has 0 radical (unpaired) electrons. The van der Waals surface area contributed by atoms with E-state index in [-0.39, 0.29) is 91.7 Å². The van der Waals surface area contributed by atoms with Gasteiger partial charge < -0.3 is 35.5 Å². The average molecular weight is 1570 g/mol. The van der Waals surface area contributed by atoms with Crippen molar-refractivity contribution >= 4 is 152 Å². The van der Waals surface area contributed by atoms with Crippen LogP contribution in [0.15, 0.2) is 235 Å². The minimum absolute atomic E-state index is 0.0273. The number of nitrogens with zero attached hydrogens (tertiary/aromatic N) is 2. The maximum absolute atomic E-state index is 13.3. The average Bonchev–Trinajstić information content (AvgIpc) is 0.774. The number of carbonyl (C=O) groups excluding carboxylic acids is 3. The van der Waals surface area contributed by atoms with E-state index >= 15 is 0 Å². The van der Waals surface area contributed by atoms with Gasteiger partial charge in [-0.15, -0.1) is 0 Å². The molecule has 4 aromatic heterocycles. The summed E-state index contributed by atoms with van der Waals surface area (Å²) in [5.41, 5.74) is 6.45. The van der Waals surface area contributed by atoms with Crippen molar-refractivity contribution in [2.24, 2.45) is 11.8 Å². The molecule has 2 amide bonds. The van der Waals surface area contributed by atoms with Crippen LogP contribution in [-0.4, -0.2) is 107 Å². The second kappa shape index (κ2) is 31.2. The zero-order valence-corrected chi connectivity index (χ0v) is 62.6. The Balaban J connectivity index is 0.000000123. The Kier molecular flexibility index (Phi) is 21.4. The first-order valence-electron chi connectivity index (χ1n) is 35.6. The Morgan fingerprint density at radius 3 is 1.32 bits per heavy atom. The number of amides is 2. The van der Waals surface area contributed by atoms with E-state index in [2.05, 4.69) is 56.1 Å². The molecule has 18 rings (SSSR count). The monoisotopic (exact) mass is 1570 g/mol. The predicted molar refractivity (Wildman–Crippen MR) is 429 cm³/mol. The number of pyridine rings is 4. The van der Waals surface area contributed by atoms with Crippen LogP contribution in [0.25, 0.3) is 86.7 Å². The fourth-order valence-corrected chi connectivity index (χ4v) is 17.7. The number of piperidine rings is 4. The van der Waals surface area contributed by atoms with Crippen molar-refractivity contribution in [1.82, 2.24) is 33.9 Å². The highest BCUT2D eigenvalue weighted by molar-refractivity contribution is 9.10. The molecular formula is C84H74BrF2N9O11S2. The van der Waals surface area contributed by atoms with Gasteiger partial charge in [0.2, 0.25) is 31.9 Å². The summed E-state index contributed by atoms with van der Waals surface area (Å²) in [5.74, 6) is -0.984. The van der Waals surface area contributed by atoms with Gasteiger partial charge in [-0.25, -0.2) is 30.3 Å². The van der Waals surface area contributed by atoms with E-state index in [1.807, 2.05) is 92.7 Å². The quantitative estimate of drug-likeness (QED) is 0.0341. The Labute approximate surface area is 631 Å². The number of ketones is 1. The van der Waals surface area contributed by atoms with E-state index in [0.717, 1.165) is 98.2 Å². The number of rotatable bonds is 12. The van der Waals surface area contributed by atoms with Gasteiger partial charge >= 0.3 is 0 Å². The SMILES string of the molecule is Cc1cc2[nH]c(=O)c3ccccc3c2cc1NC(=O)C(C)Br.Cc1cc2[nH]c(=O)c3ccccc3c2cc1NC(=O)Cc1ccc(F)cc1.O=C(c1ccc(F)cc1)C1CCN(S(=O)(=O)c2ccc3[nH]c(=O)c4ccccc4c3c2)CC1.O=c1[nH]c2ccc(S(=O)(=O)NC3CN4CCC3CC4)cc2c2ccccc12. The van der Waals surface area contributed by atoms with E-state index < -0.39 is 25.9 Å². The highest BCUT2D eigenvalue weighted by Gasteiger charge is 2.37. The molecule has 554 valence electrons. The first kappa shape index (κ1) is 74.7. The molecule has 8 heterocycles. The lowest BCUT2D eigenvalue weighted by atomic mass is 9.85. The number of fused-ring (bicyclic) bond motifs is 15. The molecule has 14 aromatic rings. The van der Waals surface area contributed by atoms with Crippen LogP contribution < -0.4 is 37.6 Å². The van der Waals surface area contributed by atoms with Gasteiger partial charge in [-0.05, 0) is 225 Å². The minimum Gasteiger partial charge on any atom is -0.326 e. The number of aryl methyl sites for hydroxylation is 2. The van der Waals surface area contributed by atoms with Crippen molar-refractivity contribution in [3.05, 3.63) is 282 Å². The number of nitrogens with one attached hydrogen (secondary N) is 7. The number of halogens is 3. The standard InChI is InChI=1S/C25H21FN2O4S.C22H17FN2O2.C20H21N3O3S.C17H15BrN2O2/c26-18-7-5-16(6-8-18)24(29)17-11-13-28(14-12-17)33(31,32)19-9-10-23-22(15-19)20-3-1-2-4-21(20)25(30)27-23;1-13-10-20-18(16-4-2-3-5-17(16)22(27)25-20)12-19(13)24-21(26)11-14-6-8-15(23)9-7-14;24-20-16-4-2-1-3-15(16)17-11-14(5-6-18(17)21-20)27(25,26)22-19-12-23-9-7-13(19)8-10-23;1-9-7-15-13(8-14(9)19-16(21)10(2)18)11-5-3-4-6-12(11)17(22)20-15/h1-10,15,17H,11-14H2,(H,27,30);2-10,12H,11H2,1H3,(H,24,26)(H,25,27);1-6,11,13,19,22H,7-10,12H2,(H,21,24);3-8,10H,1-2H3,(H,19,21)(H,20,22). The third kappa shape index (κ3) is 15.9. The molecule has 7 N–H and O–H groups in total. The number of aromatic nitrogens is 4. The summed E-state index contributed by atoms with van der Waals surface area (Å²) in [6, 6.07) is 57.6. The van der Waals surface area contributed by atoms with Gasteiger partial charge in [0, 0.05) is 114 Å². The number of benzene rings is 10. The number of hydrogen-bond acceptors (Lipinski definition) is 12. The smallest absolute Gasteiger partial charge is 0.256 e. The highest BCUT2D eigenvalue weighted by atomic mass is 79.9. The third-order valence-corrected chi connectivity index (χ3v) is 24.4. The van der Waals surface area contributed by atoms with Crippen molar-refractivity contribution in [2.75, 3.05) is 43.4 Å². The van der Waals surface area contributed by atoms with Gasteiger partial charge in [0.15, 0.2) is 5.78 Å². The van der Waals surface area contributed by atoms with Gasteiger partial charge in [-0.3, -0.25) is 33.6 Å². The molecule has 10 aromatic carbocycles. The Hall–Kier alpha value is -11.2. The number of anilines is 2. The van der Waals surface area contributed by atoms with E-state index in [1.54, 1.807) is 91.9 Å². The number of Topliss-reactive ketones (excluding diaryl/α,β-unsaturated/α-hetero) is 1. The summed E-state index contributed by atoms with van der Waals surface area (Å²) >= 11 is 3.26. The molecule has 4 saturated heterocycles. The molecule has 0 saturated carbocycles. The number of carbonyl (C=O) groups is 3. The molecule has 0 aliphatic carbocycles. The summed E-state index contributed by atoms with van der Waals surface area (Å²) in [5, 5.41) is 14.5. The van der Waals surface area contributed by atoms with Crippen molar-refractivity contribution in [1.29, 1.82) is 0 Å². The second-order valence-electron chi connectivity index (χ2n) is 27.7. The van der Waals surface area contributed by atoms with Gasteiger partial charge in [-0.2, -0.15) is 4.31 Å². The summed E-state index contributed by atoms with van der Waals surface area (Å²) < 4.78 is 83.2. The van der Waals surface area contributed by atoms with E-state index in [4.69, 9.17) is 0 Å². The summed E-state index contributed by atoms with van der Waals surface area (Å²) in [6.07, 6.45) is 3.07. The van der Waals surface area contributed by atoms with E-state index in [0.29, 0.717) is 73.4 Å². The van der Waals surface area contributed by atoms with Crippen LogP contribution in [0.5, 0.6) is 0 Å². The van der Waals surface area contributed by atoms with Gasteiger partial charge in [0.1, 0.15) is 11.6 Å². The molecule has 20 nitrogen and oxygen atoms in total. The van der Waals surface area contributed by atoms with Crippen LogP contribution in [0.3, 0.4) is 0 Å². The van der Waals surface area contributed by atoms with Gasteiger partial charge in [0.05, 0.1) is 21.0 Å². The van der Waals surface area contributed by atoms with Crippen LogP contribution in [-0.2, 0) is 36.1 Å². The maximum atomic E-state index is 13.3. The molecular weight excluding hydrogens is 1490 g/mol. The molecule has 0 spiro atoms. The minimum atomic E-state index is -3.77. The van der Waals surface area contributed by atoms with Crippen molar-refractivity contribution in [2.45, 2.75) is 73.5 Å². The molecule has 4 aliphatic heterocycles. The molecule has 2 unspecified atom stereocenters. The Bertz CT molecular complexity index is 6460. The highest BCUT2D eigenvalue weighted by Crippen LogP contribution is 2.34. The first-order chi connectivity index (χ1) is 52.3. The molecule has 2 bridgehead atoms. The lowest BCUT2D eigenvalue weighted by Gasteiger charge is -2.44. The summed E-state index contributed by atoms with van der Waals surface area (Å²) in [6.45, 7) is 8.93. The summed E-state index contributed by atoms with van der Waals surface area (Å²) in [4.78, 5) is 99.8. The third-order valence-electron chi connectivity index (χ3n) is 20.6. The van der Waals surface area contributed by atoms with Gasteiger partial charge in [0.25, 0.3) is 22.2 Å². The zero-order valence-electron chi connectivity index (χ0n) is 59.3. The lowest BCUT2D eigenvalue weighted by molar-refractivity contribution is -0.116. The first-order valence-corrected chi connectivity index (χ1v) is 39.4. The topological polar surface area (TPSA) is 293 Å². The normalized spacial score (nSPS) is 16.3. The molecule has 109 heavy (non-hydrogen) atoms. The van der Waals surface area contributed by atoms with Crippen molar-refractivity contribution in [3.8, 4) is 0 Å². The number of sulfonamides is 2. The largest absolute Gasteiger partial charge is 0.326 e. The molecule has 25 heteroatoms. The Morgan fingerprint density at radius 1 is 0.477 bits per heavy atom. The lowest BCUT2D eigenvalue weighted by Crippen LogP contribution is -2.57. The van der Waals surface area contributed by atoms with Crippen molar-refractivity contribution < 1.29 is 40.0 Å². The maximum Gasteiger partial charge on any atom is 0.256 e. The Morgan fingerprint density at radius 2 is 0.881 bits per heavy atom. The summed E-state index contributed by atoms with van der Waals surface area (Å²) in [7, 11) is -7.39. The number of hydrogen-bond donors (Lipinski definition) is 7. The number of H-pyrrole nitrogens is 4. The fraction of sp³-hybridized carbons (Fsp3) is 0.202. The molecule has 2 atom stereocenters.